The number of aryl methyl sites for hydroxylation is 2. The average Bonchev–Trinajstić information content (AvgIpc) is 3.08. The maximum atomic E-state index is 12.0. The molecule has 114 valence electrons. The molecule has 0 radical (unpaired) electrons. The molecule has 1 unspecified atom stereocenters. The zero-order valence-electron chi connectivity index (χ0n) is 13.2. The second kappa shape index (κ2) is 5.02. The smallest absolute Gasteiger partial charge is 0.323 e. The van der Waals surface area contributed by atoms with Gasteiger partial charge in [-0.05, 0) is 42.4 Å². The Balaban J connectivity index is 2.09. The molecule has 0 spiro atoms. The minimum atomic E-state index is 0.0155. The van der Waals surface area contributed by atoms with Crippen molar-refractivity contribution in [3.8, 4) is 0 Å². The first kappa shape index (κ1) is 14.4. The van der Waals surface area contributed by atoms with E-state index in [9.17, 15) is 4.79 Å². The monoisotopic (exact) mass is 287 g/mol. The Hall–Kier alpha value is -1.55. The van der Waals surface area contributed by atoms with Crippen molar-refractivity contribution in [2.45, 2.75) is 45.1 Å². The molecule has 1 aliphatic rings. The SMILES string of the molecule is CCC1(C(N)c2ccc3c(c2)n(C)c(=O)n3C)CCCC1. The number of imidazole rings is 1. The van der Waals surface area contributed by atoms with Crippen LogP contribution in [0.5, 0.6) is 0 Å². The first-order chi connectivity index (χ1) is 10.00. The molecule has 2 aromatic rings. The molecule has 1 atom stereocenters. The molecule has 4 nitrogen and oxygen atoms in total. The van der Waals surface area contributed by atoms with E-state index in [1.807, 2.05) is 20.2 Å². The summed E-state index contributed by atoms with van der Waals surface area (Å²) >= 11 is 0. The Bertz CT molecular complexity index is 719. The first-order valence-corrected chi connectivity index (χ1v) is 7.91. The summed E-state index contributed by atoms with van der Waals surface area (Å²) in [6.45, 7) is 2.25. The predicted octanol–water partition coefficient (Wildman–Crippen LogP) is 2.85. The van der Waals surface area contributed by atoms with Crippen LogP contribution in [0.3, 0.4) is 0 Å². The van der Waals surface area contributed by atoms with Crippen LogP contribution in [0.4, 0.5) is 0 Å². The van der Waals surface area contributed by atoms with Gasteiger partial charge in [0.2, 0.25) is 0 Å². The van der Waals surface area contributed by atoms with Crippen molar-refractivity contribution < 1.29 is 0 Å². The zero-order valence-corrected chi connectivity index (χ0v) is 13.2. The van der Waals surface area contributed by atoms with Crippen molar-refractivity contribution >= 4 is 11.0 Å². The van der Waals surface area contributed by atoms with Crippen LogP contribution >= 0.6 is 0 Å². The molecule has 1 saturated carbocycles. The second-order valence-electron chi connectivity index (χ2n) is 6.55. The number of aromatic nitrogens is 2. The molecule has 21 heavy (non-hydrogen) atoms. The number of hydrogen-bond acceptors (Lipinski definition) is 2. The molecule has 3 rings (SSSR count). The summed E-state index contributed by atoms with van der Waals surface area (Å²) in [5.74, 6) is 0. The standard InChI is InChI=1S/C17H25N3O/c1-4-17(9-5-6-10-17)15(18)12-7-8-13-14(11-12)20(3)16(21)19(13)2/h7-8,11,15H,4-6,9-10,18H2,1-3H3. The lowest BCUT2D eigenvalue weighted by Crippen LogP contribution is -2.31. The lowest BCUT2D eigenvalue weighted by molar-refractivity contribution is 0.222. The maximum Gasteiger partial charge on any atom is 0.328 e. The van der Waals surface area contributed by atoms with E-state index in [2.05, 4.69) is 19.1 Å². The van der Waals surface area contributed by atoms with E-state index >= 15 is 0 Å². The molecule has 0 saturated heterocycles. The van der Waals surface area contributed by atoms with Gasteiger partial charge in [0.1, 0.15) is 0 Å². The van der Waals surface area contributed by atoms with E-state index < -0.39 is 0 Å². The molecular formula is C17H25N3O. The van der Waals surface area contributed by atoms with E-state index in [1.165, 1.54) is 25.7 Å². The van der Waals surface area contributed by atoms with Crippen molar-refractivity contribution in [2.75, 3.05) is 0 Å². The molecule has 0 aliphatic heterocycles. The highest BCUT2D eigenvalue weighted by Crippen LogP contribution is 2.49. The molecule has 1 aromatic heterocycles. The van der Waals surface area contributed by atoms with Gasteiger partial charge in [-0.15, -0.1) is 0 Å². The molecular weight excluding hydrogens is 262 g/mol. The van der Waals surface area contributed by atoms with Gasteiger partial charge in [0, 0.05) is 20.1 Å². The van der Waals surface area contributed by atoms with Crippen molar-refractivity contribution in [2.24, 2.45) is 25.2 Å². The highest BCUT2D eigenvalue weighted by molar-refractivity contribution is 5.77. The molecule has 1 fully saturated rings. The highest BCUT2D eigenvalue weighted by atomic mass is 16.1. The van der Waals surface area contributed by atoms with Gasteiger partial charge in [0.15, 0.2) is 0 Å². The molecule has 1 aromatic carbocycles. The first-order valence-electron chi connectivity index (χ1n) is 7.91. The number of fused-ring (bicyclic) bond motifs is 1. The van der Waals surface area contributed by atoms with E-state index in [1.54, 1.807) is 9.13 Å². The largest absolute Gasteiger partial charge is 0.328 e. The predicted molar refractivity (Wildman–Crippen MR) is 86.3 cm³/mol. The summed E-state index contributed by atoms with van der Waals surface area (Å²) in [5.41, 5.74) is 9.99. The van der Waals surface area contributed by atoms with Gasteiger partial charge in [-0.1, -0.05) is 25.8 Å². The van der Waals surface area contributed by atoms with Crippen LogP contribution in [0.15, 0.2) is 23.0 Å². The topological polar surface area (TPSA) is 52.9 Å². The van der Waals surface area contributed by atoms with Crippen LogP contribution < -0.4 is 11.4 Å². The van der Waals surface area contributed by atoms with Crippen LogP contribution in [0, 0.1) is 5.41 Å². The maximum absolute atomic E-state index is 12.0. The van der Waals surface area contributed by atoms with E-state index in [0.717, 1.165) is 23.0 Å². The summed E-state index contributed by atoms with van der Waals surface area (Å²) in [7, 11) is 3.64. The van der Waals surface area contributed by atoms with Crippen LogP contribution in [-0.4, -0.2) is 9.13 Å². The lowest BCUT2D eigenvalue weighted by atomic mass is 9.74. The van der Waals surface area contributed by atoms with Gasteiger partial charge in [-0.2, -0.15) is 0 Å². The third-order valence-corrected chi connectivity index (χ3v) is 5.62. The van der Waals surface area contributed by atoms with Gasteiger partial charge >= 0.3 is 5.69 Å². The zero-order chi connectivity index (χ0) is 15.2. The highest BCUT2D eigenvalue weighted by Gasteiger charge is 2.38. The van der Waals surface area contributed by atoms with Gasteiger partial charge < -0.3 is 5.73 Å². The van der Waals surface area contributed by atoms with Gasteiger partial charge in [-0.25, -0.2) is 4.79 Å². The molecule has 2 N–H and O–H groups in total. The van der Waals surface area contributed by atoms with Crippen LogP contribution in [0.2, 0.25) is 0 Å². The number of hydrogen-bond donors (Lipinski definition) is 1. The van der Waals surface area contributed by atoms with Crippen molar-refractivity contribution in [1.82, 2.24) is 9.13 Å². The van der Waals surface area contributed by atoms with Crippen molar-refractivity contribution in [1.29, 1.82) is 0 Å². The van der Waals surface area contributed by atoms with E-state index in [-0.39, 0.29) is 17.1 Å². The second-order valence-corrected chi connectivity index (χ2v) is 6.55. The molecule has 0 amide bonds. The minimum absolute atomic E-state index is 0.0155. The summed E-state index contributed by atoms with van der Waals surface area (Å²) in [6.07, 6.45) is 6.13. The van der Waals surface area contributed by atoms with Crippen molar-refractivity contribution in [3.63, 3.8) is 0 Å². The summed E-state index contributed by atoms with van der Waals surface area (Å²) in [4.78, 5) is 12.0. The van der Waals surface area contributed by atoms with Gasteiger partial charge in [0.25, 0.3) is 0 Å². The fraction of sp³-hybridized carbons (Fsp3) is 0.588. The number of nitrogens with zero attached hydrogens (tertiary/aromatic N) is 2. The van der Waals surface area contributed by atoms with Crippen LogP contribution in [0.25, 0.3) is 11.0 Å². The Labute approximate surface area is 125 Å². The quantitative estimate of drug-likeness (QED) is 0.943. The van der Waals surface area contributed by atoms with Gasteiger partial charge in [-0.3, -0.25) is 9.13 Å². The third kappa shape index (κ3) is 2.04. The summed E-state index contributed by atoms with van der Waals surface area (Å²) in [5, 5.41) is 0. The summed E-state index contributed by atoms with van der Waals surface area (Å²) in [6, 6.07) is 6.30. The Morgan fingerprint density at radius 2 is 1.81 bits per heavy atom. The lowest BCUT2D eigenvalue weighted by Gasteiger charge is -2.34. The van der Waals surface area contributed by atoms with E-state index in [0.29, 0.717) is 0 Å². The number of benzene rings is 1. The molecule has 4 heteroatoms. The number of rotatable bonds is 3. The molecule has 1 heterocycles. The average molecular weight is 287 g/mol. The normalized spacial score (nSPS) is 19.2. The molecule has 1 aliphatic carbocycles. The minimum Gasteiger partial charge on any atom is -0.323 e. The number of nitrogens with two attached hydrogens (primary N) is 1. The summed E-state index contributed by atoms with van der Waals surface area (Å²) < 4.78 is 3.40. The fourth-order valence-corrected chi connectivity index (χ4v) is 4.03. The molecule has 0 bridgehead atoms. The fourth-order valence-electron chi connectivity index (χ4n) is 4.03. The third-order valence-electron chi connectivity index (χ3n) is 5.62. The Morgan fingerprint density at radius 1 is 1.19 bits per heavy atom. The van der Waals surface area contributed by atoms with E-state index in [4.69, 9.17) is 5.73 Å². The van der Waals surface area contributed by atoms with Crippen LogP contribution in [0.1, 0.15) is 50.6 Å². The Kier molecular flexibility index (Phi) is 3.44. The Morgan fingerprint density at radius 3 is 2.43 bits per heavy atom. The van der Waals surface area contributed by atoms with Crippen LogP contribution in [-0.2, 0) is 14.1 Å². The van der Waals surface area contributed by atoms with Crippen molar-refractivity contribution in [3.05, 3.63) is 34.2 Å². The van der Waals surface area contributed by atoms with Gasteiger partial charge in [0.05, 0.1) is 11.0 Å².